The van der Waals surface area contributed by atoms with Crippen LogP contribution >= 0.6 is 11.3 Å². The van der Waals surface area contributed by atoms with Crippen LogP contribution in [-0.4, -0.2) is 30.7 Å². The number of thiophene rings is 1. The van der Waals surface area contributed by atoms with E-state index in [9.17, 15) is 13.2 Å². The molecule has 92 valence electrons. The normalized spacial score (nSPS) is 16.4. The van der Waals surface area contributed by atoms with Gasteiger partial charge in [0, 0.05) is 17.5 Å². The molecule has 2 atom stereocenters. The van der Waals surface area contributed by atoms with Crippen LogP contribution in [0.1, 0.15) is 17.8 Å². The third-order valence-electron chi connectivity index (χ3n) is 2.66. The fourth-order valence-corrected chi connectivity index (χ4v) is 2.37. The summed E-state index contributed by atoms with van der Waals surface area (Å²) in [5.41, 5.74) is 5.19. The lowest BCUT2D eigenvalue weighted by molar-refractivity contribution is -0.182. The fraction of sp³-hybridized carbons (Fsp3) is 0.600. The maximum Gasteiger partial charge on any atom is 0.405 e. The van der Waals surface area contributed by atoms with Crippen LogP contribution in [0.25, 0.3) is 0 Å². The average molecular weight is 252 g/mol. The van der Waals surface area contributed by atoms with Crippen molar-refractivity contribution in [1.82, 2.24) is 4.90 Å². The molecule has 2 N–H and O–H groups in total. The molecule has 0 fully saturated rings. The van der Waals surface area contributed by atoms with Crippen LogP contribution in [0, 0.1) is 0 Å². The predicted octanol–water partition coefficient (Wildman–Crippen LogP) is 2.63. The van der Waals surface area contributed by atoms with Gasteiger partial charge in [-0.2, -0.15) is 13.2 Å². The van der Waals surface area contributed by atoms with Crippen molar-refractivity contribution in [2.24, 2.45) is 5.73 Å². The summed E-state index contributed by atoms with van der Waals surface area (Å²) in [6.07, 6.45) is -4.28. The van der Waals surface area contributed by atoms with Crippen molar-refractivity contribution in [3.8, 4) is 0 Å². The number of nitrogens with two attached hydrogens (primary N) is 1. The number of likely N-dealkylation sites (N-methyl/N-ethyl adjacent to an activating group) is 1. The molecule has 2 nitrogen and oxygen atoms in total. The van der Waals surface area contributed by atoms with Gasteiger partial charge in [-0.1, -0.05) is 6.07 Å². The number of alkyl halides is 3. The van der Waals surface area contributed by atoms with Crippen molar-refractivity contribution in [3.63, 3.8) is 0 Å². The second-order valence-electron chi connectivity index (χ2n) is 3.65. The van der Waals surface area contributed by atoms with Gasteiger partial charge in [0.2, 0.25) is 0 Å². The van der Waals surface area contributed by atoms with E-state index in [2.05, 4.69) is 0 Å². The lowest BCUT2D eigenvalue weighted by Crippen LogP contribution is -2.49. The Labute approximate surface area is 96.9 Å². The standard InChI is InChI=1S/C10H15F3N2S/c1-7(8-4-3-5-16-8)15(2)9(6-14)10(11,12)13/h3-5,7,9H,6,14H2,1-2H3. The summed E-state index contributed by atoms with van der Waals surface area (Å²) in [5.74, 6) is 0. The molecule has 1 rings (SSSR count). The zero-order chi connectivity index (χ0) is 12.3. The molecular weight excluding hydrogens is 237 g/mol. The first-order valence-corrected chi connectivity index (χ1v) is 5.78. The molecule has 0 spiro atoms. The molecule has 1 heterocycles. The molecule has 0 saturated heterocycles. The minimum absolute atomic E-state index is 0.282. The Kier molecular flexibility index (Phi) is 4.35. The zero-order valence-electron chi connectivity index (χ0n) is 9.16. The van der Waals surface area contributed by atoms with Gasteiger partial charge in [0.25, 0.3) is 0 Å². The molecule has 0 saturated carbocycles. The Bertz CT molecular complexity index is 310. The number of nitrogens with zero attached hydrogens (tertiary/aromatic N) is 1. The summed E-state index contributed by atoms with van der Waals surface area (Å²) >= 11 is 1.45. The van der Waals surface area contributed by atoms with Crippen molar-refractivity contribution < 1.29 is 13.2 Å². The number of halogens is 3. The van der Waals surface area contributed by atoms with Gasteiger partial charge in [0.15, 0.2) is 0 Å². The molecule has 1 aromatic rings. The van der Waals surface area contributed by atoms with Crippen LogP contribution < -0.4 is 5.73 Å². The lowest BCUT2D eigenvalue weighted by Gasteiger charge is -2.33. The quantitative estimate of drug-likeness (QED) is 0.892. The summed E-state index contributed by atoms with van der Waals surface area (Å²) in [5, 5.41) is 1.85. The first-order valence-electron chi connectivity index (χ1n) is 4.90. The van der Waals surface area contributed by atoms with E-state index in [4.69, 9.17) is 5.73 Å². The first kappa shape index (κ1) is 13.5. The topological polar surface area (TPSA) is 29.3 Å². The number of hydrogen-bond donors (Lipinski definition) is 1. The van der Waals surface area contributed by atoms with Crippen LogP contribution in [0.2, 0.25) is 0 Å². The minimum atomic E-state index is -4.28. The molecule has 0 aliphatic carbocycles. The van der Waals surface area contributed by atoms with E-state index >= 15 is 0 Å². The van der Waals surface area contributed by atoms with Gasteiger partial charge in [-0.05, 0) is 25.4 Å². The molecule has 0 aliphatic rings. The second kappa shape index (κ2) is 5.16. The van der Waals surface area contributed by atoms with Crippen LogP contribution in [-0.2, 0) is 0 Å². The number of hydrogen-bond acceptors (Lipinski definition) is 3. The van der Waals surface area contributed by atoms with E-state index in [0.29, 0.717) is 0 Å². The summed E-state index contributed by atoms with van der Waals surface area (Å²) < 4.78 is 38.0. The molecule has 0 amide bonds. The highest BCUT2D eigenvalue weighted by Gasteiger charge is 2.42. The molecule has 0 bridgehead atoms. The van der Waals surface area contributed by atoms with Gasteiger partial charge >= 0.3 is 6.18 Å². The maximum atomic E-state index is 12.7. The van der Waals surface area contributed by atoms with Crippen LogP contribution in [0.3, 0.4) is 0 Å². The highest BCUT2D eigenvalue weighted by Crippen LogP contribution is 2.31. The zero-order valence-corrected chi connectivity index (χ0v) is 9.98. The van der Waals surface area contributed by atoms with E-state index in [1.54, 1.807) is 6.92 Å². The van der Waals surface area contributed by atoms with E-state index in [1.807, 2.05) is 17.5 Å². The average Bonchev–Trinajstić information content (AvgIpc) is 2.67. The monoisotopic (exact) mass is 252 g/mol. The fourth-order valence-electron chi connectivity index (χ4n) is 1.53. The molecule has 16 heavy (non-hydrogen) atoms. The van der Waals surface area contributed by atoms with E-state index in [0.717, 1.165) is 4.88 Å². The van der Waals surface area contributed by atoms with Crippen molar-refractivity contribution in [1.29, 1.82) is 0 Å². The highest BCUT2D eigenvalue weighted by molar-refractivity contribution is 7.10. The van der Waals surface area contributed by atoms with Crippen molar-refractivity contribution in [3.05, 3.63) is 22.4 Å². The van der Waals surface area contributed by atoms with E-state index in [-0.39, 0.29) is 6.04 Å². The van der Waals surface area contributed by atoms with Crippen molar-refractivity contribution >= 4 is 11.3 Å². The summed E-state index contributed by atoms with van der Waals surface area (Å²) in [4.78, 5) is 2.18. The van der Waals surface area contributed by atoms with E-state index < -0.39 is 18.8 Å². The summed E-state index contributed by atoms with van der Waals surface area (Å²) in [6.45, 7) is 1.33. The molecule has 6 heteroatoms. The second-order valence-corrected chi connectivity index (χ2v) is 4.63. The Hall–Kier alpha value is -0.590. The third-order valence-corrected chi connectivity index (χ3v) is 3.70. The van der Waals surface area contributed by atoms with Gasteiger partial charge in [-0.15, -0.1) is 11.3 Å². The minimum Gasteiger partial charge on any atom is -0.329 e. The maximum absolute atomic E-state index is 12.7. The van der Waals surface area contributed by atoms with Crippen molar-refractivity contribution in [2.75, 3.05) is 13.6 Å². The summed E-state index contributed by atoms with van der Waals surface area (Å²) in [7, 11) is 1.45. The molecule has 0 aliphatic heterocycles. The molecule has 0 radical (unpaired) electrons. The Morgan fingerprint density at radius 3 is 2.50 bits per heavy atom. The molecule has 1 aromatic heterocycles. The molecule has 0 aromatic carbocycles. The van der Waals surface area contributed by atoms with E-state index in [1.165, 1.54) is 23.3 Å². The van der Waals surface area contributed by atoms with Gasteiger partial charge in [0.05, 0.1) is 0 Å². The Morgan fingerprint density at radius 2 is 2.12 bits per heavy atom. The lowest BCUT2D eigenvalue weighted by atomic mass is 10.1. The van der Waals surface area contributed by atoms with Crippen molar-refractivity contribution in [2.45, 2.75) is 25.2 Å². The first-order chi connectivity index (χ1) is 7.38. The summed E-state index contributed by atoms with van der Waals surface area (Å²) in [6, 6.07) is 1.78. The third kappa shape index (κ3) is 2.96. The van der Waals surface area contributed by atoms with Crippen LogP contribution in [0.4, 0.5) is 13.2 Å². The molecular formula is C10H15F3N2S. The van der Waals surface area contributed by atoms with Crippen LogP contribution in [0.5, 0.6) is 0 Å². The van der Waals surface area contributed by atoms with Crippen LogP contribution in [0.15, 0.2) is 17.5 Å². The molecule has 2 unspecified atom stereocenters. The predicted molar refractivity (Wildman–Crippen MR) is 59.4 cm³/mol. The number of rotatable bonds is 4. The van der Waals surface area contributed by atoms with Gasteiger partial charge in [-0.25, -0.2) is 0 Å². The SMILES string of the molecule is CC(c1cccs1)N(C)C(CN)C(F)(F)F. The Morgan fingerprint density at radius 1 is 1.50 bits per heavy atom. The van der Waals surface area contributed by atoms with Gasteiger partial charge in [-0.3, -0.25) is 4.90 Å². The van der Waals surface area contributed by atoms with Gasteiger partial charge in [0.1, 0.15) is 6.04 Å². The van der Waals surface area contributed by atoms with Gasteiger partial charge < -0.3 is 5.73 Å². The highest BCUT2D eigenvalue weighted by atomic mass is 32.1. The Balaban J connectivity index is 2.80. The largest absolute Gasteiger partial charge is 0.405 e. The smallest absolute Gasteiger partial charge is 0.329 e.